The number of nitrogens with zero attached hydrogens (tertiary/aromatic N) is 4. The molecule has 6 rings (SSSR count). The van der Waals surface area contributed by atoms with E-state index in [1.165, 1.54) is 19.6 Å². The largest absolute Gasteiger partial charge is 0.496 e. The molecule has 1 fully saturated rings. The lowest BCUT2D eigenvalue weighted by atomic mass is 10.0. The Bertz CT molecular complexity index is 1720. The summed E-state index contributed by atoms with van der Waals surface area (Å²) in [6.07, 6.45) is 4.24. The number of ketones is 1. The minimum atomic E-state index is -0.360. The van der Waals surface area contributed by atoms with Crippen molar-refractivity contribution in [2.45, 2.75) is 45.6 Å². The first-order valence-electron chi connectivity index (χ1n) is 14.8. The zero-order valence-electron chi connectivity index (χ0n) is 25.2. The lowest BCUT2D eigenvalue weighted by Gasteiger charge is -2.29. The highest BCUT2D eigenvalue weighted by molar-refractivity contribution is 5.97. The number of imidazole rings is 1. The standard InChI is InChI=1S/C34H36N4O6/c1-22(39)27-9-7-23(17-31(27)41-2)21-44-33-6-4-5-28(36-33)24-11-14-37(15-12-24)20-32-35-29-10-8-25(34(40)42-3)18-30(29)38(32)19-26-13-16-43-26/h4-11,17-18,26H,12-16,19-21H2,1-3H3. The van der Waals surface area contributed by atoms with Gasteiger partial charge in [0, 0.05) is 25.8 Å². The second-order valence-corrected chi connectivity index (χ2v) is 11.1. The van der Waals surface area contributed by atoms with Crippen LogP contribution in [0.1, 0.15) is 57.6 Å². The number of Topliss-reactive ketones (excluding diaryl/α,β-unsaturated/α-hetero) is 1. The Morgan fingerprint density at radius 2 is 1.93 bits per heavy atom. The van der Waals surface area contributed by atoms with Crippen molar-refractivity contribution < 1.29 is 28.5 Å². The van der Waals surface area contributed by atoms with Gasteiger partial charge in [-0.05, 0) is 67.3 Å². The molecule has 0 aliphatic carbocycles. The quantitative estimate of drug-likeness (QED) is 0.173. The monoisotopic (exact) mass is 596 g/mol. The summed E-state index contributed by atoms with van der Waals surface area (Å²) >= 11 is 0. The highest BCUT2D eigenvalue weighted by Crippen LogP contribution is 2.27. The maximum Gasteiger partial charge on any atom is 0.337 e. The smallest absolute Gasteiger partial charge is 0.337 e. The molecule has 228 valence electrons. The van der Waals surface area contributed by atoms with Crippen LogP contribution in [-0.2, 0) is 29.2 Å². The van der Waals surface area contributed by atoms with Crippen LogP contribution in [0, 0.1) is 0 Å². The lowest BCUT2D eigenvalue weighted by Crippen LogP contribution is -2.33. The molecule has 10 heteroatoms. The Labute approximate surface area is 256 Å². The molecule has 2 aromatic heterocycles. The number of hydrogen-bond donors (Lipinski definition) is 0. The molecule has 1 saturated heterocycles. The van der Waals surface area contributed by atoms with E-state index < -0.39 is 0 Å². The summed E-state index contributed by atoms with van der Waals surface area (Å²) in [5.41, 5.74) is 5.80. The average Bonchev–Trinajstić information content (AvgIpc) is 3.37. The van der Waals surface area contributed by atoms with E-state index in [1.54, 1.807) is 19.2 Å². The van der Waals surface area contributed by atoms with Crippen molar-refractivity contribution in [3.05, 3.63) is 88.9 Å². The van der Waals surface area contributed by atoms with Crippen LogP contribution < -0.4 is 9.47 Å². The van der Waals surface area contributed by atoms with E-state index in [2.05, 4.69) is 15.5 Å². The van der Waals surface area contributed by atoms with Crippen LogP contribution in [0.15, 0.2) is 60.7 Å². The van der Waals surface area contributed by atoms with Gasteiger partial charge in [-0.15, -0.1) is 0 Å². The molecule has 0 radical (unpaired) electrons. The molecular weight excluding hydrogens is 560 g/mol. The molecule has 4 aromatic rings. The van der Waals surface area contributed by atoms with Gasteiger partial charge in [0.2, 0.25) is 5.88 Å². The van der Waals surface area contributed by atoms with Crippen molar-refractivity contribution in [2.24, 2.45) is 0 Å². The number of carbonyl (C=O) groups excluding carboxylic acids is 2. The topological polar surface area (TPSA) is 105 Å². The number of esters is 1. The van der Waals surface area contributed by atoms with Gasteiger partial charge in [0.25, 0.3) is 0 Å². The zero-order valence-corrected chi connectivity index (χ0v) is 25.2. The molecule has 1 atom stereocenters. The fourth-order valence-electron chi connectivity index (χ4n) is 5.61. The van der Waals surface area contributed by atoms with Crippen molar-refractivity contribution in [1.82, 2.24) is 19.4 Å². The molecule has 4 heterocycles. The molecule has 0 N–H and O–H groups in total. The average molecular weight is 597 g/mol. The van der Waals surface area contributed by atoms with Gasteiger partial charge in [-0.1, -0.05) is 18.2 Å². The number of aromatic nitrogens is 3. The Kier molecular flexibility index (Phi) is 8.72. The number of methoxy groups -OCH3 is 2. The van der Waals surface area contributed by atoms with Crippen LogP contribution in [0.3, 0.4) is 0 Å². The van der Waals surface area contributed by atoms with Crippen LogP contribution in [0.4, 0.5) is 0 Å². The van der Waals surface area contributed by atoms with Gasteiger partial charge in [-0.3, -0.25) is 9.69 Å². The number of benzene rings is 2. The van der Waals surface area contributed by atoms with E-state index in [1.807, 2.05) is 42.5 Å². The van der Waals surface area contributed by atoms with Crippen molar-refractivity contribution in [3.8, 4) is 11.6 Å². The van der Waals surface area contributed by atoms with E-state index in [4.69, 9.17) is 28.9 Å². The summed E-state index contributed by atoms with van der Waals surface area (Å²) in [6, 6.07) is 16.8. The molecule has 0 bridgehead atoms. The number of pyridine rings is 1. The van der Waals surface area contributed by atoms with Crippen LogP contribution in [0.25, 0.3) is 16.6 Å². The highest BCUT2D eigenvalue weighted by Gasteiger charge is 2.24. The normalized spacial score (nSPS) is 16.7. The predicted octanol–water partition coefficient (Wildman–Crippen LogP) is 5.09. The van der Waals surface area contributed by atoms with Crippen LogP contribution in [0.5, 0.6) is 11.6 Å². The third kappa shape index (κ3) is 6.36. The molecule has 1 unspecified atom stereocenters. The summed E-state index contributed by atoms with van der Waals surface area (Å²) in [4.78, 5) is 36.1. The first kappa shape index (κ1) is 29.5. The maximum atomic E-state index is 12.2. The van der Waals surface area contributed by atoms with Gasteiger partial charge < -0.3 is 23.5 Å². The number of carbonyl (C=O) groups is 2. The first-order valence-corrected chi connectivity index (χ1v) is 14.8. The molecule has 2 aliphatic heterocycles. The zero-order chi connectivity index (χ0) is 30.6. The number of hydrogen-bond acceptors (Lipinski definition) is 9. The SMILES string of the molecule is COC(=O)c1ccc2nc(CN3CC=C(c4cccc(OCc5ccc(C(C)=O)c(OC)c5)n4)CC3)n(CC3CCO3)c2c1. The van der Waals surface area contributed by atoms with Crippen LogP contribution >= 0.6 is 0 Å². The van der Waals surface area contributed by atoms with Gasteiger partial charge in [0.1, 0.15) is 18.2 Å². The highest BCUT2D eigenvalue weighted by atomic mass is 16.5. The van der Waals surface area contributed by atoms with E-state index >= 15 is 0 Å². The van der Waals surface area contributed by atoms with Crippen LogP contribution in [0.2, 0.25) is 0 Å². The summed E-state index contributed by atoms with van der Waals surface area (Å²) in [5, 5.41) is 0. The number of rotatable bonds is 11. The van der Waals surface area contributed by atoms with Gasteiger partial charge in [0.05, 0.1) is 61.3 Å². The van der Waals surface area contributed by atoms with Crippen molar-refractivity contribution >= 4 is 28.4 Å². The summed E-state index contributed by atoms with van der Waals surface area (Å²) in [6.45, 7) is 5.62. The molecular formula is C34H36N4O6. The molecule has 0 saturated carbocycles. The molecule has 10 nitrogen and oxygen atoms in total. The van der Waals surface area contributed by atoms with Crippen molar-refractivity contribution in [2.75, 3.05) is 33.9 Å². The Morgan fingerprint density at radius 1 is 1.07 bits per heavy atom. The summed E-state index contributed by atoms with van der Waals surface area (Å²) in [7, 11) is 2.95. The molecule has 2 aliphatic rings. The fraction of sp³-hybridized carbons (Fsp3) is 0.353. The van der Waals surface area contributed by atoms with Crippen LogP contribution in [-0.4, -0.2) is 71.2 Å². The van der Waals surface area contributed by atoms with E-state index in [0.29, 0.717) is 42.5 Å². The van der Waals surface area contributed by atoms with E-state index in [9.17, 15) is 9.59 Å². The third-order valence-electron chi connectivity index (χ3n) is 8.17. The maximum absolute atomic E-state index is 12.2. The first-order chi connectivity index (χ1) is 21.4. The molecule has 2 aromatic carbocycles. The van der Waals surface area contributed by atoms with Gasteiger partial charge in [-0.2, -0.15) is 0 Å². The Hall–Kier alpha value is -4.54. The number of fused-ring (bicyclic) bond motifs is 1. The van der Waals surface area contributed by atoms with Crippen molar-refractivity contribution in [3.63, 3.8) is 0 Å². The molecule has 0 spiro atoms. The molecule has 44 heavy (non-hydrogen) atoms. The lowest BCUT2D eigenvalue weighted by molar-refractivity contribution is -0.0591. The second kappa shape index (κ2) is 13.0. The fourth-order valence-corrected chi connectivity index (χ4v) is 5.61. The summed E-state index contributed by atoms with van der Waals surface area (Å²) in [5.74, 6) is 1.63. The molecule has 0 amide bonds. The summed E-state index contributed by atoms with van der Waals surface area (Å²) < 4.78 is 24.2. The van der Waals surface area contributed by atoms with E-state index in [0.717, 1.165) is 60.7 Å². The Morgan fingerprint density at radius 3 is 2.64 bits per heavy atom. The van der Waals surface area contributed by atoms with E-state index in [-0.39, 0.29) is 17.9 Å². The van der Waals surface area contributed by atoms with Crippen molar-refractivity contribution in [1.29, 1.82) is 0 Å². The minimum Gasteiger partial charge on any atom is -0.496 e. The number of ether oxygens (including phenoxy) is 4. The van der Waals surface area contributed by atoms with Gasteiger partial charge >= 0.3 is 5.97 Å². The third-order valence-corrected chi connectivity index (χ3v) is 8.17. The minimum absolute atomic E-state index is 0.0425. The predicted molar refractivity (Wildman–Crippen MR) is 165 cm³/mol. The van der Waals surface area contributed by atoms with Gasteiger partial charge in [0.15, 0.2) is 5.78 Å². The second-order valence-electron chi connectivity index (χ2n) is 11.1. The Balaban J connectivity index is 1.13. The van der Waals surface area contributed by atoms with Gasteiger partial charge in [-0.25, -0.2) is 14.8 Å².